The van der Waals surface area contributed by atoms with E-state index in [1.165, 1.54) is 7.11 Å². The molecule has 7 heteroatoms. The quantitative estimate of drug-likeness (QED) is 0.393. The van der Waals surface area contributed by atoms with Crippen LogP contribution in [-0.2, 0) is 14.3 Å². The number of methoxy groups -OCH3 is 1. The molecule has 2 rings (SSSR count). The zero-order valence-electron chi connectivity index (χ0n) is 19.3. The summed E-state index contributed by atoms with van der Waals surface area (Å²) in [6.45, 7) is 8.86. The first kappa shape index (κ1) is 24.9. The average molecular weight is 446 g/mol. The Kier molecular flexibility index (Phi) is 9.49. The Labute approximate surface area is 191 Å². The van der Waals surface area contributed by atoms with Crippen molar-refractivity contribution in [1.82, 2.24) is 10.2 Å². The third-order valence-electron chi connectivity index (χ3n) is 5.78. The van der Waals surface area contributed by atoms with Crippen molar-refractivity contribution in [3.63, 3.8) is 0 Å². The van der Waals surface area contributed by atoms with Gasteiger partial charge >= 0.3 is 5.97 Å². The third-order valence-corrected chi connectivity index (χ3v) is 6.11. The summed E-state index contributed by atoms with van der Waals surface area (Å²) >= 11 is 5.55. The summed E-state index contributed by atoms with van der Waals surface area (Å²) in [5.41, 5.74) is 3.09. The maximum Gasteiger partial charge on any atom is 0.337 e. The molecule has 1 amide bonds. The van der Waals surface area contributed by atoms with Crippen molar-refractivity contribution in [3.8, 4) is 0 Å². The lowest BCUT2D eigenvalue weighted by atomic mass is 9.93. The average Bonchev–Trinajstić information content (AvgIpc) is 2.78. The van der Waals surface area contributed by atoms with Gasteiger partial charge in [-0.1, -0.05) is 45.7 Å². The first-order valence-electron chi connectivity index (χ1n) is 11.2. The minimum Gasteiger partial charge on any atom is -0.466 e. The van der Waals surface area contributed by atoms with Gasteiger partial charge in [0, 0.05) is 23.8 Å². The summed E-state index contributed by atoms with van der Waals surface area (Å²) < 4.78 is 5.09. The van der Waals surface area contributed by atoms with E-state index in [4.69, 9.17) is 17.0 Å². The lowest BCUT2D eigenvalue weighted by Crippen LogP contribution is -2.48. The molecule has 0 aliphatic carbocycles. The van der Waals surface area contributed by atoms with Crippen LogP contribution < -0.4 is 10.6 Å². The summed E-state index contributed by atoms with van der Waals surface area (Å²) in [6.07, 6.45) is 4.53. The largest absolute Gasteiger partial charge is 0.466 e. The van der Waals surface area contributed by atoms with Gasteiger partial charge < -0.3 is 20.3 Å². The predicted octanol–water partition coefficient (Wildman–Crippen LogP) is 4.93. The fraction of sp³-hybridized carbons (Fsp3) is 0.542. The van der Waals surface area contributed by atoms with E-state index < -0.39 is 6.04 Å². The number of carbonyl (C=O) groups excluding carboxylic acids is 2. The van der Waals surface area contributed by atoms with Crippen LogP contribution in [0, 0.1) is 5.92 Å². The number of unbranched alkanes of at least 4 members (excludes halogenated alkanes) is 1. The molecular formula is C24H35N3O3S. The highest BCUT2D eigenvalue weighted by Gasteiger charge is 2.35. The number of thiocarbonyl (C=S) groups is 1. The van der Waals surface area contributed by atoms with Crippen molar-refractivity contribution < 1.29 is 14.3 Å². The van der Waals surface area contributed by atoms with Crippen LogP contribution in [0.5, 0.6) is 0 Å². The van der Waals surface area contributed by atoms with Gasteiger partial charge in [0.2, 0.25) is 5.91 Å². The Balaban J connectivity index is 2.28. The summed E-state index contributed by atoms with van der Waals surface area (Å²) in [5.74, 6) is -0.282. The number of amides is 1. The number of esters is 1. The highest BCUT2D eigenvalue weighted by Crippen LogP contribution is 2.33. The topological polar surface area (TPSA) is 70.7 Å². The van der Waals surface area contributed by atoms with Crippen LogP contribution in [0.25, 0.3) is 0 Å². The maximum absolute atomic E-state index is 12.6. The molecular weight excluding hydrogens is 410 g/mol. The fourth-order valence-corrected chi connectivity index (χ4v) is 4.35. The molecule has 170 valence electrons. The molecule has 0 bridgehead atoms. The standard InChI is InChI=1S/C24H35N3O3S/c1-6-10-11-16(7-2)22(28)25-18-14-12-17(13-15-18)21-20(23(29)30-5)19(8-3)27(9-4)24(31)26-21/h12-16,21H,6-11H2,1-5H3,(H,25,28)(H,26,31). The number of nitrogens with zero attached hydrogens (tertiary/aromatic N) is 1. The van der Waals surface area contributed by atoms with Gasteiger partial charge in [0.05, 0.1) is 18.7 Å². The van der Waals surface area contributed by atoms with Crippen molar-refractivity contribution in [3.05, 3.63) is 41.1 Å². The number of hydrogen-bond donors (Lipinski definition) is 2. The molecule has 0 saturated heterocycles. The first-order chi connectivity index (χ1) is 14.9. The number of ether oxygens (including phenoxy) is 1. The summed E-state index contributed by atoms with van der Waals surface area (Å²) in [4.78, 5) is 27.2. The molecule has 2 N–H and O–H groups in total. The summed E-state index contributed by atoms with van der Waals surface area (Å²) in [7, 11) is 1.39. The van der Waals surface area contributed by atoms with Crippen molar-refractivity contribution in [2.24, 2.45) is 5.92 Å². The number of benzene rings is 1. The Morgan fingerprint density at radius 2 is 1.87 bits per heavy atom. The third kappa shape index (κ3) is 5.85. The maximum atomic E-state index is 12.6. The Morgan fingerprint density at radius 1 is 1.19 bits per heavy atom. The van der Waals surface area contributed by atoms with E-state index in [9.17, 15) is 9.59 Å². The molecule has 2 atom stereocenters. The van der Waals surface area contributed by atoms with E-state index in [1.54, 1.807) is 0 Å². The highest BCUT2D eigenvalue weighted by atomic mass is 32.1. The van der Waals surface area contributed by atoms with E-state index in [-0.39, 0.29) is 17.8 Å². The van der Waals surface area contributed by atoms with Crippen LogP contribution >= 0.6 is 12.2 Å². The van der Waals surface area contributed by atoms with Crippen LogP contribution in [0.2, 0.25) is 0 Å². The minimum atomic E-state index is -0.393. The second-order valence-electron chi connectivity index (χ2n) is 7.69. The van der Waals surface area contributed by atoms with Crippen LogP contribution in [-0.4, -0.2) is 35.5 Å². The molecule has 1 aliphatic rings. The molecule has 1 aromatic rings. The van der Waals surface area contributed by atoms with Crippen LogP contribution in [0.3, 0.4) is 0 Å². The van der Waals surface area contributed by atoms with Gasteiger partial charge in [-0.15, -0.1) is 0 Å². The normalized spacial score (nSPS) is 17.3. The molecule has 0 aromatic heterocycles. The lowest BCUT2D eigenvalue weighted by Gasteiger charge is -2.38. The Morgan fingerprint density at radius 3 is 2.39 bits per heavy atom. The summed E-state index contributed by atoms with van der Waals surface area (Å²) in [5, 5.41) is 6.90. The zero-order chi connectivity index (χ0) is 23.0. The van der Waals surface area contributed by atoms with E-state index in [2.05, 4.69) is 17.6 Å². The second kappa shape index (κ2) is 11.8. The number of nitrogens with one attached hydrogen (secondary N) is 2. The lowest BCUT2D eigenvalue weighted by molar-refractivity contribution is -0.136. The molecule has 31 heavy (non-hydrogen) atoms. The zero-order valence-corrected chi connectivity index (χ0v) is 20.1. The minimum absolute atomic E-state index is 0.0259. The smallest absolute Gasteiger partial charge is 0.337 e. The van der Waals surface area contributed by atoms with Gasteiger partial charge in [-0.25, -0.2) is 4.79 Å². The van der Waals surface area contributed by atoms with E-state index >= 15 is 0 Å². The van der Waals surface area contributed by atoms with E-state index in [0.29, 0.717) is 23.7 Å². The molecule has 1 aromatic carbocycles. The van der Waals surface area contributed by atoms with Crippen molar-refractivity contribution in [2.75, 3.05) is 19.0 Å². The highest BCUT2D eigenvalue weighted by molar-refractivity contribution is 7.80. The number of carbonyl (C=O) groups is 2. The SMILES string of the molecule is CCCCC(CC)C(=O)Nc1ccc(C2NC(=S)N(CC)C(CC)=C2C(=O)OC)cc1. The molecule has 0 saturated carbocycles. The van der Waals surface area contributed by atoms with Gasteiger partial charge in [0.25, 0.3) is 0 Å². The van der Waals surface area contributed by atoms with Crippen LogP contribution in [0.4, 0.5) is 5.69 Å². The van der Waals surface area contributed by atoms with Gasteiger partial charge in [0.1, 0.15) is 0 Å². The molecule has 0 fully saturated rings. The van der Waals surface area contributed by atoms with Crippen molar-refractivity contribution in [2.45, 2.75) is 65.8 Å². The van der Waals surface area contributed by atoms with Crippen LogP contribution in [0.1, 0.15) is 71.4 Å². The van der Waals surface area contributed by atoms with Gasteiger partial charge in [-0.2, -0.15) is 0 Å². The molecule has 6 nitrogen and oxygen atoms in total. The van der Waals surface area contributed by atoms with Gasteiger partial charge in [-0.3, -0.25) is 4.79 Å². The van der Waals surface area contributed by atoms with Crippen LogP contribution in [0.15, 0.2) is 35.5 Å². The first-order valence-corrected chi connectivity index (χ1v) is 11.6. The predicted molar refractivity (Wildman–Crippen MR) is 129 cm³/mol. The number of hydrogen-bond acceptors (Lipinski definition) is 4. The Hall–Kier alpha value is -2.41. The molecule has 1 aliphatic heterocycles. The fourth-order valence-electron chi connectivity index (χ4n) is 3.99. The van der Waals surface area contributed by atoms with Crippen molar-refractivity contribution >= 4 is 34.9 Å². The van der Waals surface area contributed by atoms with E-state index in [1.807, 2.05) is 49.9 Å². The van der Waals surface area contributed by atoms with Gasteiger partial charge in [-0.05, 0) is 56.1 Å². The summed E-state index contributed by atoms with van der Waals surface area (Å²) in [6, 6.07) is 7.19. The molecule has 0 radical (unpaired) electrons. The number of anilines is 1. The second-order valence-corrected chi connectivity index (χ2v) is 8.08. The monoisotopic (exact) mass is 445 g/mol. The number of rotatable bonds is 10. The molecule has 2 unspecified atom stereocenters. The molecule has 1 heterocycles. The van der Waals surface area contributed by atoms with E-state index in [0.717, 1.165) is 42.6 Å². The van der Waals surface area contributed by atoms with Crippen molar-refractivity contribution in [1.29, 1.82) is 0 Å². The molecule has 0 spiro atoms. The number of allylic oxidation sites excluding steroid dienone is 1. The van der Waals surface area contributed by atoms with Gasteiger partial charge in [0.15, 0.2) is 5.11 Å². The Bertz CT molecular complexity index is 820.